The molecule has 0 unspecified atom stereocenters. The number of aromatic nitrogens is 3. The lowest BCUT2D eigenvalue weighted by Gasteiger charge is -2.18. The number of nitrogens with zero attached hydrogens (tertiary/aromatic N) is 5. The first-order valence-electron chi connectivity index (χ1n) is 12.4. The minimum Gasteiger partial charge on any atom is -0.508 e. The average Bonchev–Trinajstić information content (AvgIpc) is 3.45. The van der Waals surface area contributed by atoms with Crippen LogP contribution in [-0.4, -0.2) is 37.9 Å². The predicted molar refractivity (Wildman–Crippen MR) is 154 cm³/mol. The van der Waals surface area contributed by atoms with Gasteiger partial charge in [0.25, 0.3) is 11.5 Å². The number of aromatic hydroxyl groups is 1. The van der Waals surface area contributed by atoms with Crippen molar-refractivity contribution in [3.8, 4) is 28.4 Å². The fourth-order valence-corrected chi connectivity index (χ4v) is 5.28. The first kappa shape index (κ1) is 25.1. The number of anilines is 1. The first-order valence-corrected chi connectivity index (χ1v) is 13.3. The van der Waals surface area contributed by atoms with Gasteiger partial charge in [-0.15, -0.1) is 11.3 Å². The van der Waals surface area contributed by atoms with Gasteiger partial charge < -0.3 is 15.2 Å². The van der Waals surface area contributed by atoms with E-state index in [9.17, 15) is 14.7 Å². The summed E-state index contributed by atoms with van der Waals surface area (Å²) in [4.78, 5) is 30.7. The summed E-state index contributed by atoms with van der Waals surface area (Å²) in [6.45, 7) is 1.82. The van der Waals surface area contributed by atoms with Gasteiger partial charge in [-0.1, -0.05) is 30.3 Å². The minimum absolute atomic E-state index is 0.0288. The Morgan fingerprint density at radius 3 is 2.67 bits per heavy atom. The summed E-state index contributed by atoms with van der Waals surface area (Å²) in [5.41, 5.74) is 4.18. The van der Waals surface area contributed by atoms with E-state index in [1.54, 1.807) is 44.5 Å². The molecule has 0 atom stereocenters. The zero-order valence-corrected chi connectivity index (χ0v) is 22.4. The van der Waals surface area contributed by atoms with E-state index in [0.29, 0.717) is 38.9 Å². The lowest BCUT2D eigenvalue weighted by Crippen LogP contribution is -2.25. The molecule has 2 aromatic heterocycles. The van der Waals surface area contributed by atoms with Gasteiger partial charge in [0.05, 0.1) is 29.0 Å². The number of ether oxygens (including phenoxy) is 1. The Kier molecular flexibility index (Phi) is 6.40. The van der Waals surface area contributed by atoms with Gasteiger partial charge in [0.1, 0.15) is 11.5 Å². The van der Waals surface area contributed by atoms with E-state index in [0.717, 1.165) is 11.3 Å². The standard InChI is InChI=1S/C29H24N6O4S/c1-18-27(28(38)35(33(18)2)21-8-4-3-5-9-21)32-29-34(30-15-19-7-6-10-22(36)13-19)24(17-40-29)20-11-12-25-23(14-20)31-26(37)16-39-25/h3-15,17,36H,16H2,1-2H3,(H,31,37). The third kappa shape index (κ3) is 4.63. The topological polar surface area (TPSA) is 115 Å². The van der Waals surface area contributed by atoms with Crippen molar-refractivity contribution in [2.45, 2.75) is 6.92 Å². The van der Waals surface area contributed by atoms with Crippen molar-refractivity contribution in [3.63, 3.8) is 0 Å². The van der Waals surface area contributed by atoms with E-state index in [4.69, 9.17) is 9.73 Å². The molecule has 0 radical (unpaired) electrons. The second-order valence-corrected chi connectivity index (χ2v) is 9.96. The quantitative estimate of drug-likeness (QED) is 0.319. The van der Waals surface area contributed by atoms with Crippen LogP contribution < -0.4 is 20.4 Å². The number of rotatable bonds is 5. The fourth-order valence-electron chi connectivity index (χ4n) is 4.44. The number of hydrogen-bond donors (Lipinski definition) is 2. The third-order valence-corrected chi connectivity index (χ3v) is 7.33. The van der Waals surface area contributed by atoms with Gasteiger partial charge in [-0.25, -0.2) is 14.4 Å². The molecule has 0 fully saturated rings. The Morgan fingerprint density at radius 1 is 1.05 bits per heavy atom. The molecular formula is C29H24N6O4S. The predicted octanol–water partition coefficient (Wildman–Crippen LogP) is 4.17. The molecule has 0 saturated heterocycles. The lowest BCUT2D eigenvalue weighted by molar-refractivity contribution is -0.118. The van der Waals surface area contributed by atoms with Gasteiger partial charge in [-0.05, 0) is 55.0 Å². The highest BCUT2D eigenvalue weighted by molar-refractivity contribution is 7.07. The molecule has 5 aromatic rings. The Hall–Kier alpha value is -5.16. The molecule has 0 bridgehead atoms. The number of fused-ring (bicyclic) bond motifs is 1. The molecule has 2 N–H and O–H groups in total. The van der Waals surface area contributed by atoms with Crippen LogP contribution in [0.3, 0.4) is 0 Å². The van der Waals surface area contributed by atoms with Crippen LogP contribution in [0.25, 0.3) is 16.9 Å². The van der Waals surface area contributed by atoms with E-state index in [2.05, 4.69) is 10.4 Å². The fraction of sp³-hybridized carbons (Fsp3) is 0.103. The highest BCUT2D eigenvalue weighted by Crippen LogP contribution is 2.33. The molecule has 6 rings (SSSR count). The maximum Gasteiger partial charge on any atom is 0.297 e. The molecule has 10 nitrogen and oxygen atoms in total. The number of para-hydroxylation sites is 1. The van der Waals surface area contributed by atoms with E-state index in [1.165, 1.54) is 11.3 Å². The molecule has 1 aliphatic heterocycles. The molecule has 3 heterocycles. The van der Waals surface area contributed by atoms with Crippen LogP contribution in [-0.2, 0) is 11.8 Å². The Bertz CT molecular complexity index is 1910. The van der Waals surface area contributed by atoms with Crippen molar-refractivity contribution in [1.82, 2.24) is 14.0 Å². The van der Waals surface area contributed by atoms with Crippen LogP contribution in [0, 0.1) is 6.92 Å². The first-order chi connectivity index (χ1) is 19.4. The van der Waals surface area contributed by atoms with Gasteiger partial charge in [0, 0.05) is 18.0 Å². The van der Waals surface area contributed by atoms with E-state index < -0.39 is 0 Å². The molecule has 1 aliphatic rings. The van der Waals surface area contributed by atoms with E-state index in [1.807, 2.05) is 67.9 Å². The summed E-state index contributed by atoms with van der Waals surface area (Å²) in [7, 11) is 1.82. The summed E-state index contributed by atoms with van der Waals surface area (Å²) in [5, 5.41) is 19.3. The highest BCUT2D eigenvalue weighted by atomic mass is 32.1. The SMILES string of the molecule is Cc1c(N=c2scc(-c3ccc4c(c3)NC(=O)CO4)n2N=Cc2cccc(O)c2)c(=O)n(-c2ccccc2)n1C. The molecule has 11 heteroatoms. The monoisotopic (exact) mass is 552 g/mol. The number of carbonyl (C=O) groups excluding carboxylic acids is 1. The molecule has 200 valence electrons. The second-order valence-electron chi connectivity index (χ2n) is 9.12. The summed E-state index contributed by atoms with van der Waals surface area (Å²) in [6, 6.07) is 21.6. The van der Waals surface area contributed by atoms with Crippen molar-refractivity contribution in [2.24, 2.45) is 17.1 Å². The summed E-state index contributed by atoms with van der Waals surface area (Å²) in [6.07, 6.45) is 1.61. The average molecular weight is 553 g/mol. The van der Waals surface area contributed by atoms with Gasteiger partial charge in [0.15, 0.2) is 12.3 Å². The van der Waals surface area contributed by atoms with Crippen LogP contribution in [0.4, 0.5) is 11.4 Å². The molecule has 1 amide bonds. The number of nitrogens with one attached hydrogen (secondary N) is 1. The summed E-state index contributed by atoms with van der Waals surface area (Å²) in [5.74, 6) is 0.477. The normalized spacial score (nSPS) is 13.3. The van der Waals surface area contributed by atoms with E-state index in [-0.39, 0.29) is 23.8 Å². The number of hydrogen-bond acceptors (Lipinski definition) is 7. The van der Waals surface area contributed by atoms with Crippen LogP contribution in [0.1, 0.15) is 11.3 Å². The second kappa shape index (κ2) is 10.2. The van der Waals surface area contributed by atoms with Gasteiger partial charge >= 0.3 is 0 Å². The van der Waals surface area contributed by atoms with Crippen LogP contribution >= 0.6 is 11.3 Å². The van der Waals surface area contributed by atoms with Crippen molar-refractivity contribution in [3.05, 3.63) is 105 Å². The molecule has 40 heavy (non-hydrogen) atoms. The zero-order valence-electron chi connectivity index (χ0n) is 21.6. The number of amides is 1. The molecule has 0 aliphatic carbocycles. The molecular weight excluding hydrogens is 528 g/mol. The molecule has 0 saturated carbocycles. The Morgan fingerprint density at radius 2 is 1.88 bits per heavy atom. The minimum atomic E-state index is -0.252. The number of benzene rings is 3. The lowest BCUT2D eigenvalue weighted by atomic mass is 10.1. The van der Waals surface area contributed by atoms with Gasteiger partial charge in [0.2, 0.25) is 4.80 Å². The number of phenols is 1. The van der Waals surface area contributed by atoms with Crippen LogP contribution in [0.2, 0.25) is 0 Å². The summed E-state index contributed by atoms with van der Waals surface area (Å²) < 4.78 is 10.5. The van der Waals surface area contributed by atoms with Crippen LogP contribution in [0.15, 0.2) is 93.1 Å². The number of phenolic OH excluding ortho intramolecular Hbond substituents is 1. The maximum atomic E-state index is 13.5. The largest absolute Gasteiger partial charge is 0.508 e. The molecule has 3 aromatic carbocycles. The third-order valence-electron chi connectivity index (χ3n) is 6.52. The zero-order chi connectivity index (χ0) is 27.8. The van der Waals surface area contributed by atoms with Crippen LogP contribution in [0.5, 0.6) is 11.5 Å². The van der Waals surface area contributed by atoms with E-state index >= 15 is 0 Å². The Labute approximate surface area is 232 Å². The highest BCUT2D eigenvalue weighted by Gasteiger charge is 2.19. The number of carbonyl (C=O) groups is 1. The van der Waals surface area contributed by atoms with Gasteiger partial charge in [-0.3, -0.25) is 14.3 Å². The smallest absolute Gasteiger partial charge is 0.297 e. The van der Waals surface area contributed by atoms with Crippen molar-refractivity contribution in [2.75, 3.05) is 11.9 Å². The maximum absolute atomic E-state index is 13.5. The van der Waals surface area contributed by atoms with Crippen molar-refractivity contribution < 1.29 is 14.6 Å². The van der Waals surface area contributed by atoms with Gasteiger partial charge in [-0.2, -0.15) is 5.10 Å². The summed E-state index contributed by atoms with van der Waals surface area (Å²) >= 11 is 1.33. The Balaban J connectivity index is 1.52. The number of thiazole rings is 1. The molecule has 0 spiro atoms. The van der Waals surface area contributed by atoms with Crippen molar-refractivity contribution in [1.29, 1.82) is 0 Å². The van der Waals surface area contributed by atoms with Crippen molar-refractivity contribution >= 4 is 34.8 Å².